The predicted octanol–water partition coefficient (Wildman–Crippen LogP) is 2.93. The molecule has 7 heteroatoms. The Bertz CT molecular complexity index is 1070. The number of carbonyl (C=O) groups is 1. The van der Waals surface area contributed by atoms with Crippen molar-refractivity contribution in [2.24, 2.45) is 0 Å². The zero-order valence-corrected chi connectivity index (χ0v) is 18.0. The molecular weight excluding hydrogens is 380 g/mol. The third-order valence-corrected chi connectivity index (χ3v) is 5.75. The lowest BCUT2D eigenvalue weighted by Gasteiger charge is -2.35. The molecule has 1 amide bonds. The number of fused-ring (bicyclic) bond motifs is 1. The maximum Gasteiger partial charge on any atom is 0.257 e. The van der Waals surface area contributed by atoms with Crippen LogP contribution in [0.15, 0.2) is 36.5 Å². The largest absolute Gasteiger partial charge is 0.493 e. The van der Waals surface area contributed by atoms with Crippen LogP contribution >= 0.6 is 0 Å². The molecule has 0 N–H and O–H groups in total. The van der Waals surface area contributed by atoms with Crippen molar-refractivity contribution in [1.29, 1.82) is 0 Å². The number of imidazole rings is 1. The molecule has 0 atom stereocenters. The normalized spacial score (nSPS) is 14.9. The molecule has 30 heavy (non-hydrogen) atoms. The van der Waals surface area contributed by atoms with Crippen LogP contribution in [0.1, 0.15) is 27.3 Å². The molecule has 0 radical (unpaired) electrons. The fraction of sp³-hybridized carbons (Fsp3) is 0.391. The number of amides is 1. The Balaban J connectivity index is 1.45. The molecule has 1 fully saturated rings. The summed E-state index contributed by atoms with van der Waals surface area (Å²) in [4.78, 5) is 22.1. The monoisotopic (exact) mass is 408 g/mol. The summed E-state index contributed by atoms with van der Waals surface area (Å²) in [7, 11) is 3.14. The molecule has 0 unspecified atom stereocenters. The highest BCUT2D eigenvalue weighted by Gasteiger charge is 2.26. The van der Waals surface area contributed by atoms with Crippen molar-refractivity contribution in [3.05, 3.63) is 59.0 Å². The molecule has 1 aliphatic rings. The third kappa shape index (κ3) is 3.73. The first-order chi connectivity index (χ1) is 14.5. The first-order valence-corrected chi connectivity index (χ1v) is 10.2. The summed E-state index contributed by atoms with van der Waals surface area (Å²) in [6, 6.07) is 9.62. The van der Waals surface area contributed by atoms with Crippen molar-refractivity contribution >= 4 is 11.6 Å². The Morgan fingerprint density at radius 2 is 1.83 bits per heavy atom. The Morgan fingerprint density at radius 3 is 2.53 bits per heavy atom. The van der Waals surface area contributed by atoms with Gasteiger partial charge in [-0.3, -0.25) is 9.69 Å². The molecule has 158 valence electrons. The quantitative estimate of drug-likeness (QED) is 0.650. The van der Waals surface area contributed by atoms with Gasteiger partial charge in [0.2, 0.25) is 0 Å². The van der Waals surface area contributed by atoms with Crippen LogP contribution in [0.25, 0.3) is 5.65 Å². The fourth-order valence-electron chi connectivity index (χ4n) is 4.05. The molecule has 0 aliphatic carbocycles. The Hall–Kier alpha value is -3.06. The summed E-state index contributed by atoms with van der Waals surface area (Å²) < 4.78 is 12.9. The average Bonchev–Trinajstić information content (AvgIpc) is 3.07. The number of methoxy groups -OCH3 is 2. The molecule has 1 aromatic carbocycles. The van der Waals surface area contributed by atoms with E-state index >= 15 is 0 Å². The van der Waals surface area contributed by atoms with Gasteiger partial charge in [-0.2, -0.15) is 0 Å². The van der Waals surface area contributed by atoms with Gasteiger partial charge in [-0.1, -0.05) is 6.07 Å². The second kappa shape index (κ2) is 8.36. The van der Waals surface area contributed by atoms with Crippen molar-refractivity contribution in [2.75, 3.05) is 40.4 Å². The number of aryl methyl sites for hydroxylation is 2. The smallest absolute Gasteiger partial charge is 0.257 e. The van der Waals surface area contributed by atoms with Crippen LogP contribution in [0.2, 0.25) is 0 Å². The lowest BCUT2D eigenvalue weighted by Crippen LogP contribution is -2.48. The maximum absolute atomic E-state index is 13.1. The molecule has 0 saturated carbocycles. The summed E-state index contributed by atoms with van der Waals surface area (Å²) in [5, 5.41) is 0. The number of benzene rings is 1. The van der Waals surface area contributed by atoms with Crippen molar-refractivity contribution in [2.45, 2.75) is 20.4 Å². The number of piperazine rings is 1. The Kier molecular flexibility index (Phi) is 5.63. The minimum Gasteiger partial charge on any atom is -0.493 e. The standard InChI is InChI=1S/C23H28N4O3/c1-16-8-9-27-19(17(2)24-21(27)14-16)15-25-10-12-26(13-11-25)23(28)18-6-5-7-20(29-3)22(18)30-4/h5-9,14H,10-13,15H2,1-4H3. The van der Waals surface area contributed by atoms with Gasteiger partial charge >= 0.3 is 0 Å². The van der Waals surface area contributed by atoms with Crippen molar-refractivity contribution in [3.8, 4) is 11.5 Å². The van der Waals surface area contributed by atoms with Gasteiger partial charge in [0.25, 0.3) is 5.91 Å². The molecule has 3 heterocycles. The van der Waals surface area contributed by atoms with E-state index < -0.39 is 0 Å². The van der Waals surface area contributed by atoms with Crippen LogP contribution in [0.4, 0.5) is 0 Å². The van der Waals surface area contributed by atoms with Crippen molar-refractivity contribution in [3.63, 3.8) is 0 Å². The van der Waals surface area contributed by atoms with Crippen LogP contribution in [0.5, 0.6) is 11.5 Å². The molecule has 0 spiro atoms. The summed E-state index contributed by atoms with van der Waals surface area (Å²) in [5.74, 6) is 1.04. The van der Waals surface area contributed by atoms with E-state index in [1.165, 1.54) is 11.3 Å². The first kappa shape index (κ1) is 20.2. The highest BCUT2D eigenvalue weighted by Crippen LogP contribution is 2.31. The lowest BCUT2D eigenvalue weighted by atomic mass is 10.1. The summed E-state index contributed by atoms with van der Waals surface area (Å²) in [6.07, 6.45) is 2.09. The van der Waals surface area contributed by atoms with Gasteiger partial charge in [0.05, 0.1) is 31.2 Å². The number of nitrogens with zero attached hydrogens (tertiary/aromatic N) is 4. The number of hydrogen-bond donors (Lipinski definition) is 0. The van der Waals surface area contributed by atoms with E-state index in [2.05, 4.69) is 41.5 Å². The number of ether oxygens (including phenoxy) is 2. The molecular formula is C23H28N4O3. The van der Waals surface area contributed by atoms with E-state index in [0.717, 1.165) is 31.0 Å². The zero-order chi connectivity index (χ0) is 21.3. The maximum atomic E-state index is 13.1. The van der Waals surface area contributed by atoms with E-state index in [9.17, 15) is 4.79 Å². The SMILES string of the molecule is COc1cccc(C(=O)N2CCN(Cc3c(C)nc4cc(C)ccn34)CC2)c1OC. The molecule has 2 aromatic heterocycles. The molecule has 7 nitrogen and oxygen atoms in total. The van der Waals surface area contributed by atoms with Gasteiger partial charge in [0.1, 0.15) is 5.65 Å². The van der Waals surface area contributed by atoms with Crippen LogP contribution in [-0.4, -0.2) is 65.5 Å². The first-order valence-electron chi connectivity index (χ1n) is 10.2. The number of aromatic nitrogens is 2. The molecule has 1 saturated heterocycles. The van der Waals surface area contributed by atoms with Gasteiger partial charge in [-0.15, -0.1) is 0 Å². The second-order valence-corrected chi connectivity index (χ2v) is 7.69. The topological polar surface area (TPSA) is 59.3 Å². The van der Waals surface area contributed by atoms with Gasteiger partial charge < -0.3 is 18.8 Å². The number of pyridine rings is 1. The van der Waals surface area contributed by atoms with E-state index in [0.29, 0.717) is 30.2 Å². The Morgan fingerprint density at radius 1 is 1.07 bits per heavy atom. The number of para-hydroxylation sites is 1. The number of hydrogen-bond acceptors (Lipinski definition) is 5. The minimum absolute atomic E-state index is 0.0214. The van der Waals surface area contributed by atoms with E-state index in [4.69, 9.17) is 14.5 Å². The lowest BCUT2D eigenvalue weighted by molar-refractivity contribution is 0.0622. The Labute approximate surface area is 176 Å². The highest BCUT2D eigenvalue weighted by atomic mass is 16.5. The molecule has 3 aromatic rings. The van der Waals surface area contributed by atoms with Gasteiger partial charge in [-0.05, 0) is 43.7 Å². The average molecular weight is 409 g/mol. The third-order valence-electron chi connectivity index (χ3n) is 5.75. The molecule has 1 aliphatic heterocycles. The summed E-state index contributed by atoms with van der Waals surface area (Å²) in [5.41, 5.74) is 5.00. The van der Waals surface area contributed by atoms with Gasteiger partial charge in [-0.25, -0.2) is 4.98 Å². The minimum atomic E-state index is -0.0214. The number of carbonyl (C=O) groups excluding carboxylic acids is 1. The van der Waals surface area contributed by atoms with Crippen molar-refractivity contribution < 1.29 is 14.3 Å². The second-order valence-electron chi connectivity index (χ2n) is 7.69. The van der Waals surface area contributed by atoms with Gasteiger partial charge in [0.15, 0.2) is 11.5 Å². The number of rotatable bonds is 5. The van der Waals surface area contributed by atoms with Crippen molar-refractivity contribution in [1.82, 2.24) is 19.2 Å². The summed E-state index contributed by atoms with van der Waals surface area (Å²) in [6.45, 7) is 7.94. The van der Waals surface area contributed by atoms with E-state index in [1.54, 1.807) is 26.4 Å². The van der Waals surface area contributed by atoms with Crippen LogP contribution in [0.3, 0.4) is 0 Å². The highest BCUT2D eigenvalue weighted by molar-refractivity contribution is 5.97. The van der Waals surface area contributed by atoms with Crippen LogP contribution < -0.4 is 9.47 Å². The zero-order valence-electron chi connectivity index (χ0n) is 18.0. The van der Waals surface area contributed by atoms with E-state index in [-0.39, 0.29) is 5.91 Å². The summed E-state index contributed by atoms with van der Waals surface area (Å²) >= 11 is 0. The van der Waals surface area contributed by atoms with E-state index in [1.807, 2.05) is 11.0 Å². The predicted molar refractivity (Wildman–Crippen MR) is 115 cm³/mol. The molecule has 0 bridgehead atoms. The van der Waals surface area contributed by atoms with Crippen LogP contribution in [0, 0.1) is 13.8 Å². The van der Waals surface area contributed by atoms with Gasteiger partial charge in [0, 0.05) is 38.9 Å². The fourth-order valence-corrected chi connectivity index (χ4v) is 4.05. The van der Waals surface area contributed by atoms with Crippen LogP contribution in [-0.2, 0) is 6.54 Å². The molecule has 4 rings (SSSR count).